The van der Waals surface area contributed by atoms with Crippen LogP contribution in [0.25, 0.3) is 0 Å². The third-order valence-electron chi connectivity index (χ3n) is 4.22. The van der Waals surface area contributed by atoms with E-state index in [0.717, 1.165) is 44.9 Å². The quantitative estimate of drug-likeness (QED) is 0.598. The van der Waals surface area contributed by atoms with Crippen LogP contribution in [0.5, 0.6) is 5.75 Å². The van der Waals surface area contributed by atoms with Gasteiger partial charge in [-0.2, -0.15) is 0 Å². The Balaban J connectivity index is 1.63. The van der Waals surface area contributed by atoms with Gasteiger partial charge >= 0.3 is 0 Å². The Labute approximate surface area is 143 Å². The maximum Gasteiger partial charge on any atom is 0.239 e. The number of carbonyl (C=O) groups excluding carboxylic acids is 2. The Kier molecular flexibility index (Phi) is 6.75. The summed E-state index contributed by atoms with van der Waals surface area (Å²) in [5.74, 6) is 0.877. The number of hydrogen-bond acceptors (Lipinski definition) is 5. The van der Waals surface area contributed by atoms with E-state index >= 15 is 0 Å². The van der Waals surface area contributed by atoms with Crippen LogP contribution in [0.1, 0.15) is 30.6 Å². The van der Waals surface area contributed by atoms with E-state index in [4.69, 9.17) is 10.5 Å². The van der Waals surface area contributed by atoms with E-state index in [1.807, 2.05) is 17.0 Å². The Morgan fingerprint density at radius 1 is 1.17 bits per heavy atom. The van der Waals surface area contributed by atoms with Crippen molar-refractivity contribution in [2.45, 2.75) is 26.3 Å². The summed E-state index contributed by atoms with van der Waals surface area (Å²) in [6, 6.07) is 6.81. The summed E-state index contributed by atoms with van der Waals surface area (Å²) in [5.41, 5.74) is 6.34. The normalized spacial score (nSPS) is 16.7. The third-order valence-corrected chi connectivity index (χ3v) is 4.22. The van der Waals surface area contributed by atoms with Crippen molar-refractivity contribution in [2.75, 3.05) is 39.3 Å². The largest absolute Gasteiger partial charge is 0.494 e. The van der Waals surface area contributed by atoms with E-state index in [1.54, 1.807) is 26.0 Å². The standard InChI is InChI=1S/C18H27N3O3/c1-14(19)18(23)21-11-9-20(10-12-21)8-3-13-24-17-6-4-16(5-7-17)15(2)22/h4-7,14H,3,8-13,19H2,1-2H3. The van der Waals surface area contributed by atoms with Crippen LogP contribution >= 0.6 is 0 Å². The Morgan fingerprint density at radius 3 is 2.33 bits per heavy atom. The summed E-state index contributed by atoms with van der Waals surface area (Å²) in [6.07, 6.45) is 0.926. The zero-order chi connectivity index (χ0) is 17.5. The Hall–Kier alpha value is -1.92. The summed E-state index contributed by atoms with van der Waals surface area (Å²) in [4.78, 5) is 27.2. The van der Waals surface area contributed by atoms with Crippen LogP contribution in [-0.4, -0.2) is 66.9 Å². The summed E-state index contributed by atoms with van der Waals surface area (Å²) in [6.45, 7) is 8.12. The molecule has 0 saturated carbocycles. The number of Topliss-reactive ketones (excluding diaryl/α,β-unsaturated/α-hetero) is 1. The minimum absolute atomic E-state index is 0.0343. The second-order valence-corrected chi connectivity index (χ2v) is 6.24. The van der Waals surface area contributed by atoms with Gasteiger partial charge < -0.3 is 15.4 Å². The molecular weight excluding hydrogens is 306 g/mol. The van der Waals surface area contributed by atoms with E-state index in [0.29, 0.717) is 12.2 Å². The molecular formula is C18H27N3O3. The van der Waals surface area contributed by atoms with E-state index < -0.39 is 6.04 Å². The third kappa shape index (κ3) is 5.32. The molecule has 2 N–H and O–H groups in total. The predicted molar refractivity (Wildman–Crippen MR) is 93.2 cm³/mol. The molecule has 1 fully saturated rings. The van der Waals surface area contributed by atoms with Gasteiger partial charge in [0.05, 0.1) is 12.6 Å². The van der Waals surface area contributed by atoms with Crippen molar-refractivity contribution in [1.82, 2.24) is 9.80 Å². The Morgan fingerprint density at radius 2 is 1.79 bits per heavy atom. The van der Waals surface area contributed by atoms with Crippen molar-refractivity contribution >= 4 is 11.7 Å². The van der Waals surface area contributed by atoms with Crippen LogP contribution in [-0.2, 0) is 4.79 Å². The molecule has 1 aliphatic rings. The van der Waals surface area contributed by atoms with Crippen molar-refractivity contribution in [2.24, 2.45) is 5.73 Å². The number of hydrogen-bond donors (Lipinski definition) is 1. The summed E-state index contributed by atoms with van der Waals surface area (Å²) in [7, 11) is 0. The van der Waals surface area contributed by atoms with Gasteiger partial charge in [-0.25, -0.2) is 0 Å². The maximum atomic E-state index is 11.8. The lowest BCUT2D eigenvalue weighted by atomic mass is 10.1. The van der Waals surface area contributed by atoms with Gasteiger partial charge in [-0.15, -0.1) is 0 Å². The zero-order valence-corrected chi connectivity index (χ0v) is 14.5. The van der Waals surface area contributed by atoms with Gasteiger partial charge in [-0.1, -0.05) is 0 Å². The molecule has 0 aromatic heterocycles. The Bertz CT molecular complexity index is 549. The molecule has 132 valence electrons. The van der Waals surface area contributed by atoms with Crippen LogP contribution < -0.4 is 10.5 Å². The number of nitrogens with two attached hydrogens (primary N) is 1. The lowest BCUT2D eigenvalue weighted by Gasteiger charge is -2.35. The first kappa shape index (κ1) is 18.4. The van der Waals surface area contributed by atoms with E-state index in [-0.39, 0.29) is 11.7 Å². The molecule has 1 aromatic rings. The van der Waals surface area contributed by atoms with Gasteiger partial charge in [-0.3, -0.25) is 14.5 Å². The average molecular weight is 333 g/mol. The highest BCUT2D eigenvalue weighted by atomic mass is 16.5. The number of benzene rings is 1. The van der Waals surface area contributed by atoms with Crippen LogP contribution in [0.15, 0.2) is 24.3 Å². The van der Waals surface area contributed by atoms with Gasteiger partial charge in [0.25, 0.3) is 0 Å². The van der Waals surface area contributed by atoms with Gasteiger partial charge in [0, 0.05) is 38.3 Å². The van der Waals surface area contributed by atoms with Crippen molar-refractivity contribution in [3.8, 4) is 5.75 Å². The zero-order valence-electron chi connectivity index (χ0n) is 14.5. The lowest BCUT2D eigenvalue weighted by Crippen LogP contribution is -2.52. The predicted octanol–water partition coefficient (Wildman–Crippen LogP) is 1.15. The van der Waals surface area contributed by atoms with Crippen LogP contribution in [0, 0.1) is 0 Å². The first-order valence-corrected chi connectivity index (χ1v) is 8.48. The minimum atomic E-state index is -0.417. The van der Waals surface area contributed by atoms with E-state index in [9.17, 15) is 9.59 Å². The molecule has 1 heterocycles. The topological polar surface area (TPSA) is 75.9 Å². The first-order valence-electron chi connectivity index (χ1n) is 8.48. The highest BCUT2D eigenvalue weighted by molar-refractivity contribution is 5.94. The number of ether oxygens (including phenoxy) is 1. The molecule has 1 saturated heterocycles. The molecule has 1 atom stereocenters. The molecule has 1 unspecified atom stereocenters. The molecule has 0 aliphatic carbocycles. The van der Waals surface area contributed by atoms with Crippen molar-refractivity contribution < 1.29 is 14.3 Å². The second kappa shape index (κ2) is 8.80. The van der Waals surface area contributed by atoms with Gasteiger partial charge in [0.2, 0.25) is 5.91 Å². The fraction of sp³-hybridized carbons (Fsp3) is 0.556. The molecule has 6 nitrogen and oxygen atoms in total. The summed E-state index contributed by atoms with van der Waals surface area (Å²) < 4.78 is 5.70. The van der Waals surface area contributed by atoms with Crippen molar-refractivity contribution in [3.63, 3.8) is 0 Å². The molecule has 1 aliphatic heterocycles. The minimum Gasteiger partial charge on any atom is -0.494 e. The smallest absolute Gasteiger partial charge is 0.239 e. The number of ketones is 1. The molecule has 1 aromatic carbocycles. The highest BCUT2D eigenvalue weighted by Crippen LogP contribution is 2.13. The summed E-state index contributed by atoms with van der Waals surface area (Å²) >= 11 is 0. The highest BCUT2D eigenvalue weighted by Gasteiger charge is 2.22. The van der Waals surface area contributed by atoms with Gasteiger partial charge in [0.1, 0.15) is 5.75 Å². The maximum absolute atomic E-state index is 11.8. The number of carbonyl (C=O) groups is 2. The van der Waals surface area contributed by atoms with E-state index in [2.05, 4.69) is 4.90 Å². The van der Waals surface area contributed by atoms with Crippen LogP contribution in [0.3, 0.4) is 0 Å². The fourth-order valence-electron chi connectivity index (χ4n) is 2.74. The molecule has 1 amide bonds. The number of nitrogens with zero attached hydrogens (tertiary/aromatic N) is 2. The van der Waals surface area contributed by atoms with Crippen LogP contribution in [0.4, 0.5) is 0 Å². The van der Waals surface area contributed by atoms with Crippen molar-refractivity contribution in [3.05, 3.63) is 29.8 Å². The molecule has 0 spiro atoms. The van der Waals surface area contributed by atoms with E-state index in [1.165, 1.54) is 0 Å². The average Bonchev–Trinajstić information content (AvgIpc) is 2.59. The lowest BCUT2D eigenvalue weighted by molar-refractivity contribution is -0.133. The second-order valence-electron chi connectivity index (χ2n) is 6.24. The SMILES string of the molecule is CC(=O)c1ccc(OCCCN2CCN(C(=O)C(C)N)CC2)cc1. The van der Waals surface area contributed by atoms with Gasteiger partial charge in [0.15, 0.2) is 5.78 Å². The van der Waals surface area contributed by atoms with Gasteiger partial charge in [-0.05, 0) is 44.5 Å². The molecule has 6 heteroatoms. The molecule has 24 heavy (non-hydrogen) atoms. The molecule has 0 radical (unpaired) electrons. The fourth-order valence-corrected chi connectivity index (χ4v) is 2.74. The molecule has 0 bridgehead atoms. The number of piperazine rings is 1. The van der Waals surface area contributed by atoms with Crippen LogP contribution in [0.2, 0.25) is 0 Å². The number of amides is 1. The monoisotopic (exact) mass is 333 g/mol. The molecule has 2 rings (SSSR count). The number of rotatable bonds is 7. The first-order chi connectivity index (χ1) is 11.5. The summed E-state index contributed by atoms with van der Waals surface area (Å²) in [5, 5.41) is 0. The van der Waals surface area contributed by atoms with Crippen molar-refractivity contribution in [1.29, 1.82) is 0 Å².